The molecule has 2 aromatic rings. The fourth-order valence-electron chi connectivity index (χ4n) is 3.77. The summed E-state index contributed by atoms with van der Waals surface area (Å²) in [6.45, 7) is 2.73. The third-order valence-corrected chi connectivity index (χ3v) is 5.39. The lowest BCUT2D eigenvalue weighted by Crippen LogP contribution is -2.52. The number of fused-ring (bicyclic) bond motifs is 1. The lowest BCUT2D eigenvalue weighted by molar-refractivity contribution is -0.970. The van der Waals surface area contributed by atoms with Crippen molar-refractivity contribution in [2.45, 2.75) is 58.4 Å². The van der Waals surface area contributed by atoms with Crippen LogP contribution in [0.2, 0.25) is 0 Å². The fourth-order valence-corrected chi connectivity index (χ4v) is 3.77. The molecule has 2 aromatic carbocycles. The molecular weight excluding hydrogens is 386 g/mol. The molecule has 1 aliphatic rings. The van der Waals surface area contributed by atoms with Crippen LogP contribution in [-0.2, 0) is 21.0 Å². The van der Waals surface area contributed by atoms with Crippen molar-refractivity contribution >= 4 is 28.7 Å². The lowest BCUT2D eigenvalue weighted by atomic mass is 10.1. The molecule has 1 saturated heterocycles. The molecule has 0 aliphatic carbocycles. The number of unbranched alkanes of at least 4 members (excludes halogenated alkanes) is 4. The highest BCUT2D eigenvalue weighted by atomic mass is 16.8. The first-order chi connectivity index (χ1) is 14.4. The van der Waals surface area contributed by atoms with Gasteiger partial charge in [-0.05, 0) is 40.0 Å². The van der Waals surface area contributed by atoms with Gasteiger partial charge in [0.2, 0.25) is 0 Å². The van der Waals surface area contributed by atoms with Crippen LogP contribution in [0.15, 0.2) is 36.4 Å². The van der Waals surface area contributed by atoms with E-state index < -0.39 is 22.6 Å². The van der Waals surface area contributed by atoms with Crippen molar-refractivity contribution < 1.29 is 33.7 Å². The number of benzene rings is 2. The van der Waals surface area contributed by atoms with Crippen molar-refractivity contribution in [1.82, 2.24) is 0 Å². The van der Waals surface area contributed by atoms with Gasteiger partial charge in [-0.15, -0.1) is 0 Å². The van der Waals surface area contributed by atoms with Crippen LogP contribution >= 0.6 is 0 Å². The van der Waals surface area contributed by atoms with Crippen molar-refractivity contribution in [3.63, 3.8) is 0 Å². The van der Waals surface area contributed by atoms with Crippen LogP contribution in [0.3, 0.4) is 0 Å². The molecule has 0 radical (unpaired) electrons. The van der Waals surface area contributed by atoms with Crippen molar-refractivity contribution in [2.75, 3.05) is 6.61 Å². The van der Waals surface area contributed by atoms with Gasteiger partial charge in [0.1, 0.15) is 5.75 Å². The molecule has 0 aromatic heterocycles. The Morgan fingerprint density at radius 1 is 0.967 bits per heavy atom. The highest BCUT2D eigenvalue weighted by Gasteiger charge is 2.55. The lowest BCUT2D eigenvalue weighted by Gasteiger charge is -2.23. The molecule has 0 spiro atoms. The molecular formula is C23H28NO6+. The van der Waals surface area contributed by atoms with E-state index >= 15 is 0 Å². The zero-order valence-electron chi connectivity index (χ0n) is 17.3. The third kappa shape index (κ3) is 4.97. The van der Waals surface area contributed by atoms with Crippen molar-refractivity contribution in [1.29, 1.82) is 0 Å². The fraction of sp³-hybridized carbons (Fsp3) is 0.435. The van der Waals surface area contributed by atoms with Gasteiger partial charge in [0.05, 0.1) is 19.4 Å². The summed E-state index contributed by atoms with van der Waals surface area (Å²) in [5.74, 6) is -0.274. The molecule has 160 valence electrons. The minimum atomic E-state index is -1.64. The minimum absolute atomic E-state index is 0.0150. The van der Waals surface area contributed by atoms with E-state index in [9.17, 15) is 14.4 Å². The van der Waals surface area contributed by atoms with Gasteiger partial charge in [-0.3, -0.25) is 0 Å². The predicted octanol–water partition coefficient (Wildman–Crippen LogP) is 4.96. The predicted molar refractivity (Wildman–Crippen MR) is 111 cm³/mol. The maximum atomic E-state index is 12.3. The molecule has 1 aliphatic heterocycles. The van der Waals surface area contributed by atoms with E-state index in [1.165, 1.54) is 25.7 Å². The Hall–Kier alpha value is -2.93. The quantitative estimate of drug-likeness (QED) is 0.336. The number of likely N-dealkylation sites (tertiary alicyclic amines) is 1. The number of hydrogen-bond donors (Lipinski definition) is 1. The number of carbonyl (C=O) groups is 3. The Balaban J connectivity index is 1.70. The van der Waals surface area contributed by atoms with Gasteiger partial charge >= 0.3 is 18.0 Å². The van der Waals surface area contributed by atoms with Crippen molar-refractivity contribution in [2.24, 2.45) is 0 Å². The second-order valence-corrected chi connectivity index (χ2v) is 7.65. The van der Waals surface area contributed by atoms with E-state index in [1.807, 2.05) is 30.3 Å². The van der Waals surface area contributed by atoms with Gasteiger partial charge in [0.15, 0.2) is 6.54 Å². The number of rotatable bonds is 10. The van der Waals surface area contributed by atoms with Crippen LogP contribution in [0, 0.1) is 0 Å². The Labute approximate surface area is 175 Å². The summed E-state index contributed by atoms with van der Waals surface area (Å²) in [5, 5.41) is 10.9. The molecule has 0 atom stereocenters. The second kappa shape index (κ2) is 9.71. The van der Waals surface area contributed by atoms with Crippen LogP contribution in [-0.4, -0.2) is 34.3 Å². The molecule has 1 N–H and O–H groups in total. The van der Waals surface area contributed by atoms with Gasteiger partial charge < -0.3 is 9.84 Å². The van der Waals surface area contributed by atoms with Crippen LogP contribution in [0.4, 0.5) is 4.79 Å². The van der Waals surface area contributed by atoms with Crippen molar-refractivity contribution in [3.05, 3.63) is 42.0 Å². The zero-order valence-corrected chi connectivity index (χ0v) is 17.3. The monoisotopic (exact) mass is 414 g/mol. The number of quaternary nitrogens is 1. The van der Waals surface area contributed by atoms with Gasteiger partial charge in [0, 0.05) is 5.56 Å². The number of imide groups is 1. The molecule has 1 fully saturated rings. The van der Waals surface area contributed by atoms with E-state index in [1.54, 1.807) is 6.07 Å². The van der Waals surface area contributed by atoms with E-state index in [0.717, 1.165) is 22.9 Å². The Morgan fingerprint density at radius 2 is 1.63 bits per heavy atom. The van der Waals surface area contributed by atoms with E-state index in [-0.39, 0.29) is 19.4 Å². The van der Waals surface area contributed by atoms with Gasteiger partial charge in [-0.25, -0.2) is 14.4 Å². The molecule has 0 bridgehead atoms. The number of carbonyl (C=O) groups excluding carboxylic acids is 2. The first-order valence-electron chi connectivity index (χ1n) is 10.5. The molecule has 1 heterocycles. The molecule has 0 unspecified atom stereocenters. The topological polar surface area (TPSA) is 89.9 Å². The largest absolute Gasteiger partial charge is 0.558 e. The summed E-state index contributed by atoms with van der Waals surface area (Å²) in [5.41, 5.74) is 0.650. The van der Waals surface area contributed by atoms with E-state index in [4.69, 9.17) is 14.7 Å². The number of hydroxylamine groups is 3. The number of amides is 2. The average molecular weight is 414 g/mol. The van der Waals surface area contributed by atoms with Gasteiger partial charge in [-0.1, -0.05) is 50.8 Å². The summed E-state index contributed by atoms with van der Waals surface area (Å²) >= 11 is 0. The van der Waals surface area contributed by atoms with E-state index in [0.29, 0.717) is 12.2 Å². The average Bonchev–Trinajstić information content (AvgIpc) is 2.98. The Bertz CT molecular complexity index is 922. The SMILES string of the molecule is CCCCCCCOc1ccc2cc(C[N+]3(OC(=O)O)C(=O)CCC3=O)ccc2c1. The molecule has 30 heavy (non-hydrogen) atoms. The van der Waals surface area contributed by atoms with Crippen LogP contribution in [0.1, 0.15) is 57.4 Å². The maximum Gasteiger partial charge on any atom is 0.558 e. The minimum Gasteiger partial charge on any atom is -0.494 e. The zero-order chi connectivity index (χ0) is 21.6. The highest BCUT2D eigenvalue weighted by molar-refractivity contribution is 5.92. The summed E-state index contributed by atoms with van der Waals surface area (Å²) in [6, 6.07) is 11.3. The number of ether oxygens (including phenoxy) is 1. The molecule has 3 rings (SSSR count). The number of carboxylic acid groups (broad SMARTS) is 1. The molecule has 7 heteroatoms. The first-order valence-corrected chi connectivity index (χ1v) is 10.5. The normalized spacial score (nSPS) is 15.5. The van der Waals surface area contributed by atoms with Crippen molar-refractivity contribution in [3.8, 4) is 5.75 Å². The van der Waals surface area contributed by atoms with E-state index in [2.05, 4.69) is 6.92 Å². The summed E-state index contributed by atoms with van der Waals surface area (Å²) < 4.78 is 4.72. The van der Waals surface area contributed by atoms with Crippen LogP contribution in [0.5, 0.6) is 5.75 Å². The Kier molecular flexibility index (Phi) is 7.05. The Morgan fingerprint density at radius 3 is 2.33 bits per heavy atom. The third-order valence-electron chi connectivity index (χ3n) is 5.39. The van der Waals surface area contributed by atoms with Gasteiger partial charge in [-0.2, -0.15) is 4.79 Å². The summed E-state index contributed by atoms with van der Waals surface area (Å²) in [4.78, 5) is 40.4. The van der Waals surface area contributed by atoms with Gasteiger partial charge in [0.25, 0.3) is 0 Å². The maximum absolute atomic E-state index is 12.3. The standard InChI is InChI=1S/C23H27NO6/c1-2-3-4-5-6-13-29-20-10-9-18-14-17(7-8-19(18)15-20)16-24(30-23(27)28)21(25)11-12-22(24)26/h7-10,14-15H,2-6,11-13,16H2,1H3/p+1. The first kappa shape index (κ1) is 21.8. The summed E-state index contributed by atoms with van der Waals surface area (Å²) in [6.07, 6.45) is 4.24. The molecule has 2 amide bonds. The number of nitrogens with zero attached hydrogens (tertiary/aromatic N) is 1. The molecule has 7 nitrogen and oxygen atoms in total. The van der Waals surface area contributed by atoms with Crippen LogP contribution in [0.25, 0.3) is 10.8 Å². The smallest absolute Gasteiger partial charge is 0.494 e. The summed E-state index contributed by atoms with van der Waals surface area (Å²) in [7, 11) is 0. The second-order valence-electron chi connectivity index (χ2n) is 7.65. The molecule has 0 saturated carbocycles. The highest BCUT2D eigenvalue weighted by Crippen LogP contribution is 2.29. The number of hydrogen-bond acceptors (Lipinski definition) is 5. The van der Waals surface area contributed by atoms with Crippen LogP contribution < -0.4 is 4.74 Å².